The van der Waals surface area contributed by atoms with Crippen LogP contribution < -0.4 is 0 Å². The molecule has 0 spiro atoms. The lowest BCUT2D eigenvalue weighted by Gasteiger charge is -2.18. The van der Waals surface area contributed by atoms with Gasteiger partial charge in [-0.1, -0.05) is 36.4 Å². The molecule has 6 nitrogen and oxygen atoms in total. The highest BCUT2D eigenvalue weighted by molar-refractivity contribution is 7.52. The van der Waals surface area contributed by atoms with Crippen LogP contribution >= 0.6 is 7.60 Å². The highest BCUT2D eigenvalue weighted by Gasteiger charge is 2.30. The average Bonchev–Trinajstić information content (AvgIpc) is 2.52. The molecule has 116 valence electrons. The number of nitrogens with zero attached hydrogens (tertiary/aromatic N) is 1. The molecule has 2 aromatic rings. The van der Waals surface area contributed by atoms with Crippen LogP contribution in [0.15, 0.2) is 54.9 Å². The van der Waals surface area contributed by atoms with Crippen LogP contribution in [0.25, 0.3) is 0 Å². The first kappa shape index (κ1) is 16.4. The van der Waals surface area contributed by atoms with Gasteiger partial charge in [-0.2, -0.15) is 0 Å². The molecule has 2 unspecified atom stereocenters. The van der Waals surface area contributed by atoms with E-state index < -0.39 is 19.7 Å². The zero-order valence-corrected chi connectivity index (χ0v) is 12.6. The van der Waals surface area contributed by atoms with E-state index in [2.05, 4.69) is 4.98 Å². The van der Waals surface area contributed by atoms with Crippen LogP contribution in [0, 0.1) is 0 Å². The number of carbonyl (C=O) groups is 1. The fourth-order valence-corrected chi connectivity index (χ4v) is 3.10. The molecular formula is C15H16NO5P. The van der Waals surface area contributed by atoms with E-state index in [0.717, 1.165) is 5.56 Å². The topological polar surface area (TPSA) is 96.7 Å². The smallest absolute Gasteiger partial charge is 0.338 e. The Labute approximate surface area is 127 Å². The van der Waals surface area contributed by atoms with Gasteiger partial charge in [-0.3, -0.25) is 14.1 Å². The maximum absolute atomic E-state index is 12.1. The Morgan fingerprint density at radius 1 is 1.23 bits per heavy atom. The van der Waals surface area contributed by atoms with Crippen molar-refractivity contribution in [2.24, 2.45) is 0 Å². The van der Waals surface area contributed by atoms with Gasteiger partial charge in [-0.25, -0.2) is 4.79 Å². The summed E-state index contributed by atoms with van der Waals surface area (Å²) in [6.07, 6.45) is 1.84. The van der Waals surface area contributed by atoms with Crippen molar-refractivity contribution >= 4 is 13.6 Å². The second-order valence-electron chi connectivity index (χ2n) is 4.71. The SMILES string of the molecule is O=C(O)C(OP(=O)(O)CCc1cccnc1)c1ccccc1. The van der Waals surface area contributed by atoms with E-state index in [0.29, 0.717) is 5.56 Å². The summed E-state index contributed by atoms with van der Waals surface area (Å²) in [6.45, 7) is 0. The van der Waals surface area contributed by atoms with Crippen LogP contribution in [0.3, 0.4) is 0 Å². The summed E-state index contributed by atoms with van der Waals surface area (Å²) in [5, 5.41) is 9.21. The minimum atomic E-state index is -4.04. The predicted octanol–water partition coefficient (Wildman–Crippen LogP) is 2.65. The summed E-state index contributed by atoms with van der Waals surface area (Å²) in [7, 11) is -4.04. The van der Waals surface area contributed by atoms with Crippen molar-refractivity contribution in [3.8, 4) is 0 Å². The fourth-order valence-electron chi connectivity index (χ4n) is 1.91. The number of carboxylic acids is 1. The number of aryl methyl sites for hydroxylation is 1. The standard InChI is InChI=1S/C15H16NO5P/c17-15(18)14(13-6-2-1-3-7-13)21-22(19,20)10-8-12-5-4-9-16-11-12/h1-7,9,11,14H,8,10H2,(H,17,18)(H,19,20). The normalized spacial score (nSPS) is 15.0. The van der Waals surface area contributed by atoms with Gasteiger partial charge in [0.2, 0.25) is 0 Å². The Hall–Kier alpha value is -2.01. The van der Waals surface area contributed by atoms with Crippen molar-refractivity contribution in [2.45, 2.75) is 12.5 Å². The van der Waals surface area contributed by atoms with E-state index in [1.807, 2.05) is 0 Å². The van der Waals surface area contributed by atoms with Crippen LogP contribution in [0.1, 0.15) is 17.2 Å². The molecule has 0 aliphatic heterocycles. The molecule has 2 atom stereocenters. The second-order valence-corrected chi connectivity index (χ2v) is 6.64. The van der Waals surface area contributed by atoms with E-state index in [1.165, 1.54) is 0 Å². The van der Waals surface area contributed by atoms with Gasteiger partial charge in [0.25, 0.3) is 0 Å². The molecule has 0 amide bonds. The summed E-state index contributed by atoms with van der Waals surface area (Å²) in [5.74, 6) is -1.30. The molecule has 2 N–H and O–H groups in total. The monoisotopic (exact) mass is 321 g/mol. The molecular weight excluding hydrogens is 305 g/mol. The Bertz CT molecular complexity index is 662. The van der Waals surface area contributed by atoms with Crippen LogP contribution in [-0.2, 0) is 20.3 Å². The van der Waals surface area contributed by atoms with Crippen molar-refractivity contribution in [2.75, 3.05) is 6.16 Å². The van der Waals surface area contributed by atoms with Gasteiger partial charge in [0.1, 0.15) is 0 Å². The van der Waals surface area contributed by atoms with E-state index in [1.54, 1.807) is 54.9 Å². The van der Waals surface area contributed by atoms with Gasteiger partial charge in [0.05, 0.1) is 6.16 Å². The van der Waals surface area contributed by atoms with Gasteiger partial charge >= 0.3 is 13.6 Å². The van der Waals surface area contributed by atoms with E-state index in [4.69, 9.17) is 4.52 Å². The first-order valence-corrected chi connectivity index (χ1v) is 8.41. The lowest BCUT2D eigenvalue weighted by Crippen LogP contribution is -2.15. The molecule has 1 aromatic carbocycles. The quantitative estimate of drug-likeness (QED) is 0.761. The third kappa shape index (κ3) is 4.77. The summed E-state index contributed by atoms with van der Waals surface area (Å²) < 4.78 is 17.1. The Morgan fingerprint density at radius 2 is 1.95 bits per heavy atom. The number of pyridine rings is 1. The second kappa shape index (κ2) is 7.31. The van der Waals surface area contributed by atoms with Gasteiger partial charge in [-0.15, -0.1) is 0 Å². The minimum Gasteiger partial charge on any atom is -0.479 e. The highest BCUT2D eigenvalue weighted by Crippen LogP contribution is 2.47. The number of hydrogen-bond donors (Lipinski definition) is 2. The number of hydrogen-bond acceptors (Lipinski definition) is 4. The summed E-state index contributed by atoms with van der Waals surface area (Å²) in [5.41, 5.74) is 1.11. The number of benzene rings is 1. The molecule has 22 heavy (non-hydrogen) atoms. The van der Waals surface area contributed by atoms with Gasteiger partial charge in [0, 0.05) is 12.4 Å². The zero-order valence-electron chi connectivity index (χ0n) is 11.7. The van der Waals surface area contributed by atoms with Crippen molar-refractivity contribution in [3.05, 3.63) is 66.0 Å². The maximum Gasteiger partial charge on any atom is 0.338 e. The van der Waals surface area contributed by atoms with Gasteiger partial charge in [-0.05, 0) is 23.6 Å². The summed E-state index contributed by atoms with van der Waals surface area (Å²) in [6, 6.07) is 11.6. The number of rotatable bonds is 7. The molecule has 7 heteroatoms. The third-order valence-electron chi connectivity index (χ3n) is 3.00. The Balaban J connectivity index is 2.05. The molecule has 1 heterocycles. The van der Waals surface area contributed by atoms with E-state index in [9.17, 15) is 19.4 Å². The first-order valence-electron chi connectivity index (χ1n) is 6.65. The molecule has 0 aliphatic carbocycles. The van der Waals surface area contributed by atoms with Crippen molar-refractivity contribution in [3.63, 3.8) is 0 Å². The Kier molecular flexibility index (Phi) is 5.44. The molecule has 0 aliphatic rings. The third-order valence-corrected chi connectivity index (χ3v) is 4.33. The van der Waals surface area contributed by atoms with Crippen molar-refractivity contribution < 1.29 is 23.9 Å². The highest BCUT2D eigenvalue weighted by atomic mass is 31.2. The summed E-state index contributed by atoms with van der Waals surface area (Å²) in [4.78, 5) is 25.1. The maximum atomic E-state index is 12.1. The van der Waals surface area contributed by atoms with Crippen LogP contribution in [-0.4, -0.2) is 27.1 Å². The van der Waals surface area contributed by atoms with E-state index >= 15 is 0 Å². The molecule has 2 rings (SSSR count). The molecule has 1 aromatic heterocycles. The van der Waals surface area contributed by atoms with Crippen LogP contribution in [0.4, 0.5) is 0 Å². The molecule has 0 fully saturated rings. The lowest BCUT2D eigenvalue weighted by atomic mass is 10.1. The van der Waals surface area contributed by atoms with Crippen LogP contribution in [0.5, 0.6) is 0 Å². The number of carboxylic acid groups (broad SMARTS) is 1. The number of aromatic nitrogens is 1. The van der Waals surface area contributed by atoms with Gasteiger partial charge in [0.15, 0.2) is 6.10 Å². The first-order chi connectivity index (χ1) is 10.5. The molecule has 0 bridgehead atoms. The minimum absolute atomic E-state index is 0.171. The van der Waals surface area contributed by atoms with Crippen molar-refractivity contribution in [1.29, 1.82) is 0 Å². The predicted molar refractivity (Wildman–Crippen MR) is 80.5 cm³/mol. The molecule has 0 saturated carbocycles. The molecule has 0 saturated heterocycles. The van der Waals surface area contributed by atoms with Crippen molar-refractivity contribution in [1.82, 2.24) is 4.98 Å². The summed E-state index contributed by atoms with van der Waals surface area (Å²) >= 11 is 0. The largest absolute Gasteiger partial charge is 0.479 e. The number of aliphatic carboxylic acids is 1. The van der Waals surface area contributed by atoms with Gasteiger partial charge < -0.3 is 10.00 Å². The molecule has 0 radical (unpaired) electrons. The average molecular weight is 321 g/mol. The Morgan fingerprint density at radius 3 is 2.55 bits per heavy atom. The van der Waals surface area contributed by atoms with E-state index in [-0.39, 0.29) is 12.6 Å². The zero-order chi connectivity index (χ0) is 16.0. The van der Waals surface area contributed by atoms with Crippen LogP contribution in [0.2, 0.25) is 0 Å². The fraction of sp³-hybridized carbons (Fsp3) is 0.200. The lowest BCUT2D eigenvalue weighted by molar-refractivity contribution is -0.145.